The van der Waals surface area contributed by atoms with Crippen molar-refractivity contribution in [3.05, 3.63) is 29.1 Å². The maximum absolute atomic E-state index is 12.9. The summed E-state index contributed by atoms with van der Waals surface area (Å²) >= 11 is 6.05. The maximum atomic E-state index is 12.9. The third kappa shape index (κ3) is 4.04. The van der Waals surface area contributed by atoms with Gasteiger partial charge >= 0.3 is 0 Å². The minimum atomic E-state index is -0.0587. The molecule has 1 unspecified atom stereocenters. The zero-order valence-electron chi connectivity index (χ0n) is 16.7. The Kier molecular flexibility index (Phi) is 5.90. The molecule has 3 heterocycles. The number of nitrogens with zero attached hydrogens (tertiary/aromatic N) is 4. The molecule has 2 aromatic rings. The molecule has 2 aliphatic heterocycles. The van der Waals surface area contributed by atoms with E-state index < -0.39 is 0 Å². The number of carbonyl (C=O) groups is 1. The van der Waals surface area contributed by atoms with Crippen LogP contribution in [0.2, 0.25) is 5.02 Å². The summed E-state index contributed by atoms with van der Waals surface area (Å²) in [6.45, 7) is 10.7. The first-order valence-corrected chi connectivity index (χ1v) is 10.7. The number of hydrogen-bond acceptors (Lipinski definition) is 5. The molecule has 0 radical (unpaired) electrons. The van der Waals surface area contributed by atoms with Gasteiger partial charge in [0.15, 0.2) is 11.5 Å². The van der Waals surface area contributed by atoms with Crippen LogP contribution in [-0.4, -0.2) is 77.4 Å². The van der Waals surface area contributed by atoms with Gasteiger partial charge in [0.25, 0.3) is 0 Å². The predicted molar refractivity (Wildman–Crippen MR) is 111 cm³/mol. The molecule has 1 atom stereocenters. The number of halogens is 1. The number of likely N-dealkylation sites (tertiary alicyclic amines) is 1. The number of hydrogen-bond donors (Lipinski definition) is 0. The van der Waals surface area contributed by atoms with Gasteiger partial charge in [0.1, 0.15) is 5.52 Å². The molecule has 2 saturated heterocycles. The zero-order valence-corrected chi connectivity index (χ0v) is 17.5. The number of oxazole rings is 1. The summed E-state index contributed by atoms with van der Waals surface area (Å²) in [6, 6.07) is 5.49. The minimum absolute atomic E-state index is 0.0587. The lowest BCUT2D eigenvalue weighted by atomic mass is 9.95. The topological polar surface area (TPSA) is 52.8 Å². The van der Waals surface area contributed by atoms with E-state index in [1.807, 2.05) is 23.1 Å². The van der Waals surface area contributed by atoms with Crippen LogP contribution in [0.3, 0.4) is 0 Å². The fourth-order valence-corrected chi connectivity index (χ4v) is 4.50. The van der Waals surface area contributed by atoms with Gasteiger partial charge in [-0.1, -0.05) is 18.5 Å². The van der Waals surface area contributed by atoms with Gasteiger partial charge in [-0.25, -0.2) is 4.98 Å². The number of amides is 1. The predicted octanol–water partition coefficient (Wildman–Crippen LogP) is 3.21. The Balaban J connectivity index is 1.33. The van der Waals surface area contributed by atoms with E-state index in [1.165, 1.54) is 0 Å². The summed E-state index contributed by atoms with van der Waals surface area (Å²) in [5.74, 6) is 1.37. The smallest absolute Gasteiger partial charge is 0.239 e. The van der Waals surface area contributed by atoms with E-state index in [9.17, 15) is 4.79 Å². The first kappa shape index (κ1) is 19.7. The highest BCUT2D eigenvalue weighted by atomic mass is 35.5. The summed E-state index contributed by atoms with van der Waals surface area (Å²) < 4.78 is 5.95. The van der Waals surface area contributed by atoms with Crippen molar-refractivity contribution in [2.45, 2.75) is 38.6 Å². The molecule has 0 spiro atoms. The number of likely N-dealkylation sites (N-methyl/N-ethyl adjacent to an activating group) is 1. The second kappa shape index (κ2) is 8.39. The van der Waals surface area contributed by atoms with Crippen molar-refractivity contribution in [1.29, 1.82) is 0 Å². The highest BCUT2D eigenvalue weighted by Gasteiger charge is 2.32. The molecule has 2 fully saturated rings. The average molecular weight is 405 g/mol. The van der Waals surface area contributed by atoms with Crippen LogP contribution in [0.15, 0.2) is 22.6 Å². The van der Waals surface area contributed by atoms with E-state index in [4.69, 9.17) is 16.0 Å². The first-order chi connectivity index (χ1) is 13.5. The van der Waals surface area contributed by atoms with E-state index in [2.05, 4.69) is 28.6 Å². The van der Waals surface area contributed by atoms with Crippen LogP contribution in [0.25, 0.3) is 11.1 Å². The van der Waals surface area contributed by atoms with Crippen LogP contribution in [-0.2, 0) is 4.79 Å². The fourth-order valence-electron chi connectivity index (χ4n) is 4.33. The van der Waals surface area contributed by atoms with Crippen molar-refractivity contribution in [3.63, 3.8) is 0 Å². The molecule has 1 aromatic carbocycles. The molecule has 152 valence electrons. The second-order valence-electron chi connectivity index (χ2n) is 7.91. The molecular formula is C21H29ClN4O2. The van der Waals surface area contributed by atoms with Crippen LogP contribution in [0, 0.1) is 0 Å². The Morgan fingerprint density at radius 1 is 1.21 bits per heavy atom. The summed E-state index contributed by atoms with van der Waals surface area (Å²) in [7, 11) is 0. The van der Waals surface area contributed by atoms with Crippen molar-refractivity contribution >= 4 is 28.6 Å². The lowest BCUT2D eigenvalue weighted by Crippen LogP contribution is -2.55. The van der Waals surface area contributed by atoms with Gasteiger partial charge < -0.3 is 14.2 Å². The normalized spacial score (nSPS) is 21.3. The highest BCUT2D eigenvalue weighted by molar-refractivity contribution is 6.31. The Morgan fingerprint density at radius 2 is 1.93 bits per heavy atom. The Bertz CT molecular complexity index is 823. The SMILES string of the molecule is CCN1CCN(C(=O)C(C)N2CCC(c3nc4cc(Cl)ccc4o3)CC2)CC1. The number of aromatic nitrogens is 1. The van der Waals surface area contributed by atoms with Crippen LogP contribution >= 0.6 is 11.6 Å². The van der Waals surface area contributed by atoms with Gasteiger partial charge in [-0.05, 0) is 57.6 Å². The molecule has 0 N–H and O–H groups in total. The summed E-state index contributed by atoms with van der Waals surface area (Å²) in [4.78, 5) is 24.3. The molecule has 2 aliphatic rings. The van der Waals surface area contributed by atoms with Gasteiger partial charge in [0.05, 0.1) is 6.04 Å². The summed E-state index contributed by atoms with van der Waals surface area (Å²) in [5.41, 5.74) is 1.61. The number of benzene rings is 1. The van der Waals surface area contributed by atoms with Gasteiger partial charge in [0, 0.05) is 37.1 Å². The van der Waals surface area contributed by atoms with Crippen molar-refractivity contribution in [2.24, 2.45) is 0 Å². The number of carbonyl (C=O) groups excluding carboxylic acids is 1. The molecule has 1 amide bonds. The molecule has 1 aromatic heterocycles. The standard InChI is InChI=1S/C21H29ClN4O2/c1-3-24-10-12-26(13-11-24)21(27)15(2)25-8-6-16(7-9-25)20-23-18-14-17(22)4-5-19(18)28-20/h4-5,14-16H,3,6-13H2,1-2H3. The van der Waals surface area contributed by atoms with Crippen LogP contribution in [0.1, 0.15) is 38.5 Å². The minimum Gasteiger partial charge on any atom is -0.440 e. The van der Waals surface area contributed by atoms with E-state index in [1.54, 1.807) is 0 Å². The third-order valence-electron chi connectivity index (χ3n) is 6.28. The van der Waals surface area contributed by atoms with E-state index >= 15 is 0 Å². The zero-order chi connectivity index (χ0) is 19.7. The molecule has 28 heavy (non-hydrogen) atoms. The monoisotopic (exact) mass is 404 g/mol. The number of rotatable bonds is 4. The Labute approximate surface area is 171 Å². The van der Waals surface area contributed by atoms with Crippen LogP contribution in [0.4, 0.5) is 0 Å². The van der Waals surface area contributed by atoms with Gasteiger partial charge in [0.2, 0.25) is 5.91 Å². The number of piperazine rings is 1. The van der Waals surface area contributed by atoms with E-state index in [0.717, 1.165) is 75.6 Å². The maximum Gasteiger partial charge on any atom is 0.239 e. The van der Waals surface area contributed by atoms with Crippen molar-refractivity contribution < 1.29 is 9.21 Å². The Hall–Kier alpha value is -1.63. The number of fused-ring (bicyclic) bond motifs is 1. The summed E-state index contributed by atoms with van der Waals surface area (Å²) in [6.07, 6.45) is 1.92. The second-order valence-corrected chi connectivity index (χ2v) is 8.35. The molecule has 0 aliphatic carbocycles. The lowest BCUT2D eigenvalue weighted by Gasteiger charge is -2.39. The molecular weight excluding hydrogens is 376 g/mol. The molecule has 6 nitrogen and oxygen atoms in total. The largest absolute Gasteiger partial charge is 0.440 e. The number of piperidine rings is 1. The average Bonchev–Trinajstić information content (AvgIpc) is 3.16. The third-order valence-corrected chi connectivity index (χ3v) is 6.52. The summed E-state index contributed by atoms with van der Waals surface area (Å²) in [5, 5.41) is 0.675. The van der Waals surface area contributed by atoms with Crippen molar-refractivity contribution in [2.75, 3.05) is 45.8 Å². The Morgan fingerprint density at radius 3 is 2.61 bits per heavy atom. The lowest BCUT2D eigenvalue weighted by molar-refractivity contribution is -0.138. The first-order valence-electron chi connectivity index (χ1n) is 10.4. The van der Waals surface area contributed by atoms with Gasteiger partial charge in [-0.15, -0.1) is 0 Å². The van der Waals surface area contributed by atoms with Gasteiger partial charge in [-0.3, -0.25) is 9.69 Å². The van der Waals surface area contributed by atoms with Crippen molar-refractivity contribution in [1.82, 2.24) is 19.7 Å². The quantitative estimate of drug-likeness (QED) is 0.783. The molecule has 7 heteroatoms. The van der Waals surface area contributed by atoms with Crippen LogP contribution in [0.5, 0.6) is 0 Å². The van der Waals surface area contributed by atoms with E-state index in [-0.39, 0.29) is 11.9 Å². The molecule has 4 rings (SSSR count). The fraction of sp³-hybridized carbons (Fsp3) is 0.619. The van der Waals surface area contributed by atoms with Crippen molar-refractivity contribution in [3.8, 4) is 0 Å². The molecule has 0 saturated carbocycles. The van der Waals surface area contributed by atoms with E-state index in [0.29, 0.717) is 10.9 Å². The highest BCUT2D eigenvalue weighted by Crippen LogP contribution is 2.31. The molecule has 0 bridgehead atoms. The van der Waals surface area contributed by atoms with Gasteiger partial charge in [-0.2, -0.15) is 0 Å². The van der Waals surface area contributed by atoms with Crippen LogP contribution < -0.4 is 0 Å².